The molecule has 0 amide bonds. The summed E-state index contributed by atoms with van der Waals surface area (Å²) in [5, 5.41) is 38.0. The van der Waals surface area contributed by atoms with Crippen LogP contribution in [0.3, 0.4) is 0 Å². The predicted molar refractivity (Wildman–Crippen MR) is 59.9 cm³/mol. The summed E-state index contributed by atoms with van der Waals surface area (Å²) in [6, 6.07) is -0.146. The van der Waals surface area contributed by atoms with Gasteiger partial charge in [-0.25, -0.2) is 0 Å². The molecular formula is C11H23NO4. The van der Waals surface area contributed by atoms with Crippen molar-refractivity contribution >= 4 is 0 Å². The fraction of sp³-hybridized carbons (Fsp3) is 1.00. The Morgan fingerprint density at radius 3 is 2.38 bits per heavy atom. The number of rotatable bonds is 4. The number of hydrogen-bond acceptors (Lipinski definition) is 5. The van der Waals surface area contributed by atoms with Gasteiger partial charge in [0.1, 0.15) is 6.10 Å². The Kier molecular flexibility index (Phi) is 5.14. The smallest absolute Gasteiger partial charge is 0.108 e. The second-order valence-electron chi connectivity index (χ2n) is 4.77. The summed E-state index contributed by atoms with van der Waals surface area (Å²) in [7, 11) is 0. The minimum atomic E-state index is -1.06. The SMILES string of the molecule is CC[C@H]1[C@@H](O)[C@H](O)[C@@H](O)CN1CC(C)CO. The molecule has 0 aliphatic carbocycles. The average molecular weight is 233 g/mol. The van der Waals surface area contributed by atoms with Gasteiger partial charge in [-0.15, -0.1) is 0 Å². The quantitative estimate of drug-likeness (QED) is 0.490. The maximum atomic E-state index is 9.85. The first kappa shape index (κ1) is 13.9. The number of nitrogens with zero attached hydrogens (tertiary/aromatic N) is 1. The molecule has 0 spiro atoms. The lowest BCUT2D eigenvalue weighted by molar-refractivity contribution is -0.140. The normalized spacial score (nSPS) is 38.6. The van der Waals surface area contributed by atoms with E-state index in [0.717, 1.165) is 0 Å². The number of β-amino-alcohol motifs (C(OH)–C–C–N with tert-alkyl or cyclic N) is 1. The first-order valence-corrected chi connectivity index (χ1v) is 5.90. The van der Waals surface area contributed by atoms with Crippen LogP contribution in [0.2, 0.25) is 0 Å². The van der Waals surface area contributed by atoms with E-state index in [1.54, 1.807) is 0 Å². The minimum absolute atomic E-state index is 0.0850. The molecule has 1 aliphatic rings. The summed E-state index contributed by atoms with van der Waals surface area (Å²) in [5.74, 6) is 0.101. The molecule has 0 aromatic rings. The largest absolute Gasteiger partial charge is 0.396 e. The van der Waals surface area contributed by atoms with Gasteiger partial charge in [0.25, 0.3) is 0 Å². The van der Waals surface area contributed by atoms with Gasteiger partial charge in [0.05, 0.1) is 12.2 Å². The maximum absolute atomic E-state index is 9.85. The van der Waals surface area contributed by atoms with Gasteiger partial charge in [-0.05, 0) is 12.3 Å². The van der Waals surface area contributed by atoms with E-state index >= 15 is 0 Å². The van der Waals surface area contributed by atoms with Gasteiger partial charge < -0.3 is 20.4 Å². The van der Waals surface area contributed by atoms with E-state index in [-0.39, 0.29) is 18.6 Å². The molecule has 1 unspecified atom stereocenters. The molecule has 0 aromatic heterocycles. The van der Waals surface area contributed by atoms with Crippen LogP contribution in [0.5, 0.6) is 0 Å². The maximum Gasteiger partial charge on any atom is 0.108 e. The summed E-state index contributed by atoms with van der Waals surface area (Å²) >= 11 is 0. The van der Waals surface area contributed by atoms with Crippen molar-refractivity contribution in [1.29, 1.82) is 0 Å². The van der Waals surface area contributed by atoms with E-state index in [2.05, 4.69) is 0 Å². The van der Waals surface area contributed by atoms with Crippen LogP contribution < -0.4 is 0 Å². The highest BCUT2D eigenvalue weighted by Crippen LogP contribution is 2.22. The lowest BCUT2D eigenvalue weighted by atomic mass is 9.91. The van der Waals surface area contributed by atoms with Crippen LogP contribution in [0.4, 0.5) is 0 Å². The second-order valence-corrected chi connectivity index (χ2v) is 4.77. The molecule has 1 saturated heterocycles. The van der Waals surface area contributed by atoms with Crippen molar-refractivity contribution in [2.24, 2.45) is 5.92 Å². The highest BCUT2D eigenvalue weighted by Gasteiger charge is 2.40. The molecule has 16 heavy (non-hydrogen) atoms. The third-order valence-electron chi connectivity index (χ3n) is 3.31. The highest BCUT2D eigenvalue weighted by atomic mass is 16.4. The van der Waals surface area contributed by atoms with Crippen molar-refractivity contribution in [3.8, 4) is 0 Å². The first-order chi connectivity index (χ1) is 7.51. The Balaban J connectivity index is 2.67. The number of piperidine rings is 1. The Hall–Kier alpha value is -0.200. The topological polar surface area (TPSA) is 84.2 Å². The molecule has 96 valence electrons. The van der Waals surface area contributed by atoms with Crippen molar-refractivity contribution < 1.29 is 20.4 Å². The van der Waals surface area contributed by atoms with Crippen molar-refractivity contribution in [2.75, 3.05) is 19.7 Å². The Labute approximate surface area is 96.3 Å². The summed E-state index contributed by atoms with van der Waals surface area (Å²) in [5.41, 5.74) is 0. The number of likely N-dealkylation sites (tertiary alicyclic amines) is 1. The molecule has 0 bridgehead atoms. The van der Waals surface area contributed by atoms with E-state index < -0.39 is 18.3 Å². The van der Waals surface area contributed by atoms with E-state index in [9.17, 15) is 15.3 Å². The monoisotopic (exact) mass is 233 g/mol. The molecular weight excluding hydrogens is 210 g/mol. The molecule has 1 fully saturated rings. The molecule has 0 radical (unpaired) electrons. The first-order valence-electron chi connectivity index (χ1n) is 5.90. The second kappa shape index (κ2) is 5.93. The van der Waals surface area contributed by atoms with Crippen LogP contribution in [-0.4, -0.2) is 69.4 Å². The lowest BCUT2D eigenvalue weighted by Crippen LogP contribution is -2.61. The molecule has 5 nitrogen and oxygen atoms in total. The molecule has 1 rings (SSSR count). The zero-order valence-corrected chi connectivity index (χ0v) is 9.95. The standard InChI is InChI=1S/C11H23NO4/c1-3-8-10(15)11(16)9(14)5-12(8)4-7(2)6-13/h7-11,13-16H,3-6H2,1-2H3/t7?,8-,9-,10+,11+/m0/s1. The van der Waals surface area contributed by atoms with Crippen molar-refractivity contribution in [3.63, 3.8) is 0 Å². The van der Waals surface area contributed by atoms with Crippen LogP contribution in [0.1, 0.15) is 20.3 Å². The van der Waals surface area contributed by atoms with Gasteiger partial charge in [0.15, 0.2) is 0 Å². The van der Waals surface area contributed by atoms with Gasteiger partial charge in [0.2, 0.25) is 0 Å². The van der Waals surface area contributed by atoms with Gasteiger partial charge in [-0.1, -0.05) is 13.8 Å². The molecule has 4 N–H and O–H groups in total. The van der Waals surface area contributed by atoms with Gasteiger partial charge in [0, 0.05) is 25.7 Å². The van der Waals surface area contributed by atoms with Crippen LogP contribution in [0.25, 0.3) is 0 Å². The molecule has 1 heterocycles. The minimum Gasteiger partial charge on any atom is -0.396 e. The van der Waals surface area contributed by atoms with E-state index in [4.69, 9.17) is 5.11 Å². The van der Waals surface area contributed by atoms with Crippen LogP contribution in [-0.2, 0) is 0 Å². The molecule has 1 aliphatic heterocycles. The van der Waals surface area contributed by atoms with Gasteiger partial charge in [-0.3, -0.25) is 4.90 Å². The summed E-state index contributed by atoms with van der Waals surface area (Å²) in [4.78, 5) is 1.95. The number of aliphatic hydroxyl groups excluding tert-OH is 4. The van der Waals surface area contributed by atoms with Crippen LogP contribution in [0, 0.1) is 5.92 Å². The predicted octanol–water partition coefficient (Wildman–Crippen LogP) is -1.21. The van der Waals surface area contributed by atoms with E-state index in [0.29, 0.717) is 19.5 Å². The molecule has 0 aromatic carbocycles. The van der Waals surface area contributed by atoms with Crippen LogP contribution >= 0.6 is 0 Å². The number of aliphatic hydroxyl groups is 4. The zero-order chi connectivity index (χ0) is 12.3. The van der Waals surface area contributed by atoms with Gasteiger partial charge >= 0.3 is 0 Å². The van der Waals surface area contributed by atoms with Crippen LogP contribution in [0.15, 0.2) is 0 Å². The van der Waals surface area contributed by atoms with Gasteiger partial charge in [-0.2, -0.15) is 0 Å². The summed E-state index contributed by atoms with van der Waals surface area (Å²) < 4.78 is 0. The third kappa shape index (κ3) is 2.93. The third-order valence-corrected chi connectivity index (χ3v) is 3.31. The zero-order valence-electron chi connectivity index (χ0n) is 9.95. The lowest BCUT2D eigenvalue weighted by Gasteiger charge is -2.44. The fourth-order valence-corrected chi connectivity index (χ4v) is 2.32. The van der Waals surface area contributed by atoms with E-state index in [1.165, 1.54) is 0 Å². The fourth-order valence-electron chi connectivity index (χ4n) is 2.32. The number of hydrogen-bond donors (Lipinski definition) is 4. The highest BCUT2D eigenvalue weighted by molar-refractivity contribution is 4.94. The van der Waals surface area contributed by atoms with Crippen molar-refractivity contribution in [3.05, 3.63) is 0 Å². The molecule has 5 heteroatoms. The molecule has 0 saturated carbocycles. The summed E-state index contributed by atoms with van der Waals surface area (Å²) in [6.45, 7) is 4.91. The van der Waals surface area contributed by atoms with E-state index in [1.807, 2.05) is 18.7 Å². The van der Waals surface area contributed by atoms with Crippen molar-refractivity contribution in [1.82, 2.24) is 4.90 Å². The summed E-state index contributed by atoms with van der Waals surface area (Å²) in [6.07, 6.45) is -2.18. The Bertz CT molecular complexity index is 212. The average Bonchev–Trinajstić information content (AvgIpc) is 2.26. The Morgan fingerprint density at radius 1 is 1.25 bits per heavy atom. The molecule has 5 atom stereocenters. The van der Waals surface area contributed by atoms with Crippen molar-refractivity contribution in [2.45, 2.75) is 44.6 Å². The Morgan fingerprint density at radius 2 is 1.88 bits per heavy atom.